The van der Waals surface area contributed by atoms with Crippen molar-refractivity contribution >= 4 is 29.1 Å². The summed E-state index contributed by atoms with van der Waals surface area (Å²) in [6.07, 6.45) is -2.13. The molecule has 5 nitrogen and oxygen atoms in total. The summed E-state index contributed by atoms with van der Waals surface area (Å²) < 4.78 is 69.2. The standard InChI is InChI=1S/C31H18F5N5Si.Pt/c32-26-18-17-23(30(33)38-26)24-13-7-15-28(37-24)42(21-9-3-1-4-10-21,22-11-5-2-6-12-22)29-16-8-14-27(39-29)41-20-19-25(40-41)31(34,35)36;/h1-16,18-19H;/q-2;+2. The smallest absolute Gasteiger partial charge is 0.343 e. The summed E-state index contributed by atoms with van der Waals surface area (Å²) in [4.78, 5) is 13.0. The van der Waals surface area contributed by atoms with Crippen LogP contribution in [0.1, 0.15) is 5.69 Å². The second-order valence-electron chi connectivity index (χ2n) is 9.23. The molecule has 0 aliphatic heterocycles. The topological polar surface area (TPSA) is 56.5 Å². The average Bonchev–Trinajstić information content (AvgIpc) is 3.51. The van der Waals surface area contributed by atoms with Gasteiger partial charge in [0, 0.05) is 10.6 Å². The number of halogens is 5. The van der Waals surface area contributed by atoms with E-state index in [1.54, 1.807) is 36.4 Å². The predicted molar refractivity (Wildman–Crippen MR) is 149 cm³/mol. The Balaban J connectivity index is 0.00000368. The summed E-state index contributed by atoms with van der Waals surface area (Å²) in [5.41, 5.74) is -1.01. The average molecular weight is 779 g/mol. The van der Waals surface area contributed by atoms with Crippen LogP contribution in [0, 0.1) is 24.2 Å². The van der Waals surface area contributed by atoms with Crippen LogP contribution in [0.4, 0.5) is 22.0 Å². The zero-order valence-corrected chi connectivity index (χ0v) is 25.1. The van der Waals surface area contributed by atoms with Crippen molar-refractivity contribution in [2.75, 3.05) is 0 Å². The number of hydrogen-bond acceptors (Lipinski definition) is 4. The maximum absolute atomic E-state index is 14.7. The van der Waals surface area contributed by atoms with Crippen molar-refractivity contribution < 1.29 is 43.0 Å². The Hall–Kier alpha value is -4.34. The van der Waals surface area contributed by atoms with Gasteiger partial charge < -0.3 is 14.6 Å². The van der Waals surface area contributed by atoms with Gasteiger partial charge in [-0.1, -0.05) is 103 Å². The van der Waals surface area contributed by atoms with Gasteiger partial charge in [0.05, 0.1) is 11.5 Å². The van der Waals surface area contributed by atoms with Crippen molar-refractivity contribution in [3.63, 3.8) is 0 Å². The first-order valence-electron chi connectivity index (χ1n) is 12.6. The van der Waals surface area contributed by atoms with Crippen LogP contribution in [0.5, 0.6) is 0 Å². The molecule has 0 spiro atoms. The molecule has 0 N–H and O–H groups in total. The van der Waals surface area contributed by atoms with Crippen molar-refractivity contribution in [1.29, 1.82) is 0 Å². The molecule has 0 bridgehead atoms. The second-order valence-corrected chi connectivity index (χ2v) is 12.9. The zero-order valence-electron chi connectivity index (χ0n) is 21.8. The summed E-state index contributed by atoms with van der Waals surface area (Å²) in [5, 5.41) is 6.49. The quantitative estimate of drug-likeness (QED) is 0.111. The van der Waals surface area contributed by atoms with Crippen molar-refractivity contribution in [2.45, 2.75) is 6.18 Å². The minimum atomic E-state index is -4.64. The van der Waals surface area contributed by atoms with E-state index in [1.807, 2.05) is 60.7 Å². The minimum Gasteiger partial charge on any atom is -0.343 e. The van der Waals surface area contributed by atoms with E-state index in [0.29, 0.717) is 10.6 Å². The van der Waals surface area contributed by atoms with Gasteiger partial charge in [-0.05, 0) is 28.2 Å². The molecule has 6 aromatic rings. The van der Waals surface area contributed by atoms with Crippen LogP contribution >= 0.6 is 0 Å². The Bertz CT molecular complexity index is 1830. The van der Waals surface area contributed by atoms with Crippen LogP contribution in [0.3, 0.4) is 0 Å². The van der Waals surface area contributed by atoms with Crippen LogP contribution in [-0.4, -0.2) is 32.8 Å². The van der Waals surface area contributed by atoms with E-state index in [9.17, 15) is 22.0 Å². The molecule has 0 amide bonds. The van der Waals surface area contributed by atoms with Gasteiger partial charge in [-0.3, -0.25) is 10.1 Å². The number of hydrogen-bond donors (Lipinski definition) is 0. The monoisotopic (exact) mass is 778 g/mol. The van der Waals surface area contributed by atoms with E-state index in [2.05, 4.69) is 22.3 Å². The van der Waals surface area contributed by atoms with Crippen molar-refractivity contribution in [3.8, 4) is 17.1 Å². The molecular weight excluding hydrogens is 761 g/mol. The first kappa shape index (κ1) is 30.1. The SMILES string of the molecule is Fc1c[c-]c(-c2cccc([Si](c3ccccc3)(c3ccccc3)c3cccc(-n4[c-]cc(C(F)(F)F)n4)n3)n2)c(F)n1.[Pt+2]. The number of pyridine rings is 3. The molecule has 4 heterocycles. The summed E-state index contributed by atoms with van der Waals surface area (Å²) in [7, 11) is -3.42. The maximum Gasteiger partial charge on any atom is 2.00 e. The van der Waals surface area contributed by atoms with Crippen LogP contribution in [0.15, 0.2) is 109 Å². The number of benzene rings is 2. The van der Waals surface area contributed by atoms with E-state index in [1.165, 1.54) is 0 Å². The van der Waals surface area contributed by atoms with E-state index < -0.39 is 31.8 Å². The summed E-state index contributed by atoms with van der Waals surface area (Å²) >= 11 is 0. The molecule has 2 aromatic carbocycles. The third-order valence-corrected chi connectivity index (χ3v) is 11.2. The third kappa shape index (κ3) is 5.70. The van der Waals surface area contributed by atoms with E-state index in [0.717, 1.165) is 27.2 Å². The molecule has 0 radical (unpaired) electrons. The third-order valence-electron chi connectivity index (χ3n) is 6.71. The molecule has 0 saturated carbocycles. The number of alkyl halides is 3. The molecular formula is C31H18F5N5PtSi. The Morgan fingerprint density at radius 3 is 1.86 bits per heavy atom. The van der Waals surface area contributed by atoms with Gasteiger partial charge in [0.15, 0.2) is 0 Å². The van der Waals surface area contributed by atoms with Gasteiger partial charge >= 0.3 is 27.2 Å². The predicted octanol–water partition coefficient (Wildman–Crippen LogP) is 4.00. The fourth-order valence-corrected chi connectivity index (χ4v) is 9.32. The zero-order chi connectivity index (χ0) is 29.3. The van der Waals surface area contributed by atoms with Gasteiger partial charge in [0.25, 0.3) is 0 Å². The second kappa shape index (κ2) is 12.1. The fourth-order valence-electron chi connectivity index (χ4n) is 4.90. The van der Waals surface area contributed by atoms with Crippen LogP contribution in [-0.2, 0) is 27.2 Å². The first-order chi connectivity index (χ1) is 20.3. The van der Waals surface area contributed by atoms with Crippen molar-refractivity contribution in [2.24, 2.45) is 0 Å². The Labute approximate surface area is 258 Å². The minimum absolute atomic E-state index is 0. The molecule has 12 heteroatoms. The van der Waals surface area contributed by atoms with Gasteiger partial charge in [-0.15, -0.1) is 12.1 Å². The molecule has 0 fully saturated rings. The number of rotatable bonds is 6. The first-order valence-corrected chi connectivity index (χ1v) is 14.6. The number of nitrogens with zero attached hydrogens (tertiary/aromatic N) is 5. The van der Waals surface area contributed by atoms with Gasteiger partial charge in [-0.25, -0.2) is 8.78 Å². The molecule has 4 aromatic heterocycles. The Kier molecular flexibility index (Phi) is 8.48. The van der Waals surface area contributed by atoms with Gasteiger partial charge in [0.2, 0.25) is 8.07 Å². The van der Waals surface area contributed by atoms with Gasteiger partial charge in [0.1, 0.15) is 11.9 Å². The van der Waals surface area contributed by atoms with E-state index in [-0.39, 0.29) is 38.1 Å². The Morgan fingerprint density at radius 2 is 1.28 bits per heavy atom. The summed E-state index contributed by atoms with van der Waals surface area (Å²) in [6, 6.07) is 33.4. The summed E-state index contributed by atoms with van der Waals surface area (Å²) in [5.74, 6) is -1.93. The normalized spacial score (nSPS) is 11.7. The van der Waals surface area contributed by atoms with Crippen LogP contribution < -0.4 is 21.0 Å². The Morgan fingerprint density at radius 1 is 0.674 bits per heavy atom. The van der Waals surface area contributed by atoms with Crippen molar-refractivity contribution in [3.05, 3.63) is 139 Å². The van der Waals surface area contributed by atoms with Gasteiger partial charge in [-0.2, -0.15) is 13.2 Å². The fraction of sp³-hybridized carbons (Fsp3) is 0.0323. The molecule has 0 aliphatic rings. The van der Waals surface area contributed by atoms with Crippen LogP contribution in [0.25, 0.3) is 17.1 Å². The summed E-state index contributed by atoms with van der Waals surface area (Å²) in [6.45, 7) is 0. The molecule has 43 heavy (non-hydrogen) atoms. The molecule has 0 unspecified atom stereocenters. The molecule has 216 valence electrons. The maximum atomic E-state index is 14.7. The van der Waals surface area contributed by atoms with E-state index in [4.69, 9.17) is 9.97 Å². The number of aromatic nitrogens is 5. The molecule has 0 atom stereocenters. The molecule has 0 aliphatic carbocycles. The van der Waals surface area contributed by atoms with Crippen LogP contribution in [0.2, 0.25) is 0 Å². The molecule has 0 saturated heterocycles. The van der Waals surface area contributed by atoms with Crippen molar-refractivity contribution in [1.82, 2.24) is 24.7 Å². The largest absolute Gasteiger partial charge is 2.00 e. The molecule has 6 rings (SSSR count). The van der Waals surface area contributed by atoms with E-state index >= 15 is 0 Å².